The Morgan fingerprint density at radius 1 is 0.947 bits per heavy atom. The van der Waals surface area contributed by atoms with E-state index < -0.39 is 0 Å². The Morgan fingerprint density at radius 3 is 1.95 bits per heavy atom. The first kappa shape index (κ1) is 13.8. The number of halogens is 1. The summed E-state index contributed by atoms with van der Waals surface area (Å²) in [6.07, 6.45) is 2.12. The Kier molecular flexibility index (Phi) is 4.69. The van der Waals surface area contributed by atoms with Crippen LogP contribution in [0.15, 0.2) is 48.5 Å². The van der Waals surface area contributed by atoms with Crippen molar-refractivity contribution in [3.8, 4) is 11.1 Å². The van der Waals surface area contributed by atoms with Gasteiger partial charge in [-0.1, -0.05) is 43.3 Å². The molecule has 19 heavy (non-hydrogen) atoms. The molecule has 0 fully saturated rings. The van der Waals surface area contributed by atoms with Crippen molar-refractivity contribution in [2.24, 2.45) is 5.73 Å². The van der Waals surface area contributed by atoms with Gasteiger partial charge in [-0.2, -0.15) is 0 Å². The molecule has 2 aromatic carbocycles. The zero-order chi connectivity index (χ0) is 13.7. The van der Waals surface area contributed by atoms with Crippen LogP contribution in [0.1, 0.15) is 31.2 Å². The molecule has 0 bridgehead atoms. The van der Waals surface area contributed by atoms with Crippen molar-refractivity contribution < 1.29 is 4.39 Å². The van der Waals surface area contributed by atoms with Gasteiger partial charge >= 0.3 is 0 Å². The minimum absolute atomic E-state index is 0.200. The van der Waals surface area contributed by atoms with E-state index in [0.29, 0.717) is 5.92 Å². The van der Waals surface area contributed by atoms with Crippen molar-refractivity contribution in [1.29, 1.82) is 0 Å². The van der Waals surface area contributed by atoms with Crippen molar-refractivity contribution in [1.82, 2.24) is 0 Å². The highest BCUT2D eigenvalue weighted by molar-refractivity contribution is 5.63. The van der Waals surface area contributed by atoms with E-state index in [-0.39, 0.29) is 5.82 Å². The summed E-state index contributed by atoms with van der Waals surface area (Å²) in [5.74, 6) is 0.335. The van der Waals surface area contributed by atoms with Gasteiger partial charge < -0.3 is 5.73 Å². The molecule has 0 radical (unpaired) electrons. The van der Waals surface area contributed by atoms with Crippen LogP contribution in [0.25, 0.3) is 11.1 Å². The second kappa shape index (κ2) is 6.48. The summed E-state index contributed by atoms with van der Waals surface area (Å²) in [5, 5.41) is 0. The third-order valence-corrected chi connectivity index (χ3v) is 3.57. The molecule has 0 aliphatic carbocycles. The first-order valence-electron chi connectivity index (χ1n) is 6.80. The van der Waals surface area contributed by atoms with Gasteiger partial charge in [0.1, 0.15) is 5.82 Å². The summed E-state index contributed by atoms with van der Waals surface area (Å²) < 4.78 is 12.9. The van der Waals surface area contributed by atoms with Crippen LogP contribution < -0.4 is 5.73 Å². The molecular formula is C17H20FN. The van der Waals surface area contributed by atoms with Crippen molar-refractivity contribution >= 4 is 0 Å². The van der Waals surface area contributed by atoms with Crippen molar-refractivity contribution in [3.63, 3.8) is 0 Å². The fraction of sp³-hybridized carbons (Fsp3) is 0.294. The van der Waals surface area contributed by atoms with E-state index in [2.05, 4.69) is 31.2 Å². The molecular weight excluding hydrogens is 237 g/mol. The Balaban J connectivity index is 2.20. The molecule has 0 aromatic heterocycles. The number of nitrogens with two attached hydrogens (primary N) is 1. The van der Waals surface area contributed by atoms with E-state index in [9.17, 15) is 4.39 Å². The standard InChI is InChI=1S/C17H20FN/c1-2-13(11-12-19)14-3-5-15(6-4-14)16-7-9-17(18)10-8-16/h3-10,13H,2,11-12,19H2,1H3. The SMILES string of the molecule is CCC(CCN)c1ccc(-c2ccc(F)cc2)cc1. The van der Waals surface area contributed by atoms with Crippen LogP contribution in [0.3, 0.4) is 0 Å². The number of hydrogen-bond acceptors (Lipinski definition) is 1. The normalized spacial score (nSPS) is 12.4. The van der Waals surface area contributed by atoms with Gasteiger partial charge in [0, 0.05) is 0 Å². The van der Waals surface area contributed by atoms with E-state index in [4.69, 9.17) is 5.73 Å². The summed E-state index contributed by atoms with van der Waals surface area (Å²) in [5.41, 5.74) is 9.13. The lowest BCUT2D eigenvalue weighted by molar-refractivity contribution is 0.614. The molecule has 0 saturated heterocycles. The van der Waals surface area contributed by atoms with Gasteiger partial charge in [-0.3, -0.25) is 0 Å². The van der Waals surface area contributed by atoms with Crippen LogP contribution in [-0.4, -0.2) is 6.54 Å². The molecule has 0 amide bonds. The second-order valence-electron chi connectivity index (χ2n) is 4.81. The van der Waals surface area contributed by atoms with Crippen molar-refractivity contribution in [2.75, 3.05) is 6.54 Å². The van der Waals surface area contributed by atoms with Crippen molar-refractivity contribution in [2.45, 2.75) is 25.7 Å². The zero-order valence-corrected chi connectivity index (χ0v) is 11.3. The predicted octanol–water partition coefficient (Wildman–Crippen LogP) is 4.34. The Labute approximate surface area is 114 Å². The summed E-state index contributed by atoms with van der Waals surface area (Å²) in [7, 11) is 0. The molecule has 0 saturated carbocycles. The largest absolute Gasteiger partial charge is 0.330 e. The lowest BCUT2D eigenvalue weighted by atomic mass is 9.92. The van der Waals surface area contributed by atoms with E-state index in [1.54, 1.807) is 0 Å². The van der Waals surface area contributed by atoms with Crippen LogP contribution in [-0.2, 0) is 0 Å². The number of hydrogen-bond donors (Lipinski definition) is 1. The van der Waals surface area contributed by atoms with Crippen LogP contribution in [0.4, 0.5) is 4.39 Å². The van der Waals surface area contributed by atoms with Gasteiger partial charge in [-0.15, -0.1) is 0 Å². The first-order valence-corrected chi connectivity index (χ1v) is 6.80. The average molecular weight is 257 g/mol. The summed E-state index contributed by atoms with van der Waals surface area (Å²) in [4.78, 5) is 0. The fourth-order valence-corrected chi connectivity index (χ4v) is 2.40. The molecule has 100 valence electrons. The molecule has 2 aromatic rings. The highest BCUT2D eigenvalue weighted by atomic mass is 19.1. The summed E-state index contributed by atoms with van der Waals surface area (Å²) >= 11 is 0. The highest BCUT2D eigenvalue weighted by Gasteiger charge is 2.08. The maximum absolute atomic E-state index is 12.9. The molecule has 0 heterocycles. The number of rotatable bonds is 5. The molecule has 0 aliphatic rings. The van der Waals surface area contributed by atoms with Gasteiger partial charge in [0.05, 0.1) is 0 Å². The van der Waals surface area contributed by atoms with Gasteiger partial charge in [0.2, 0.25) is 0 Å². The quantitative estimate of drug-likeness (QED) is 0.847. The molecule has 0 spiro atoms. The number of benzene rings is 2. The Bertz CT molecular complexity index is 502. The third kappa shape index (κ3) is 3.42. The smallest absolute Gasteiger partial charge is 0.123 e. The monoisotopic (exact) mass is 257 g/mol. The molecule has 1 unspecified atom stereocenters. The molecule has 1 atom stereocenters. The zero-order valence-electron chi connectivity index (χ0n) is 11.3. The van der Waals surface area contributed by atoms with Crippen LogP contribution >= 0.6 is 0 Å². The van der Waals surface area contributed by atoms with Gasteiger partial charge in [-0.05, 0) is 54.1 Å². The third-order valence-electron chi connectivity index (χ3n) is 3.57. The molecule has 2 heteroatoms. The van der Waals surface area contributed by atoms with Crippen molar-refractivity contribution in [3.05, 3.63) is 59.9 Å². The Morgan fingerprint density at radius 2 is 1.47 bits per heavy atom. The maximum Gasteiger partial charge on any atom is 0.123 e. The van der Waals surface area contributed by atoms with E-state index in [1.807, 2.05) is 12.1 Å². The second-order valence-corrected chi connectivity index (χ2v) is 4.81. The van der Waals surface area contributed by atoms with E-state index >= 15 is 0 Å². The fourth-order valence-electron chi connectivity index (χ4n) is 2.40. The van der Waals surface area contributed by atoms with Crippen LogP contribution in [0.5, 0.6) is 0 Å². The van der Waals surface area contributed by atoms with Crippen LogP contribution in [0, 0.1) is 5.82 Å². The molecule has 1 nitrogen and oxygen atoms in total. The van der Waals surface area contributed by atoms with Gasteiger partial charge in [0.15, 0.2) is 0 Å². The lowest BCUT2D eigenvalue weighted by Crippen LogP contribution is -2.06. The minimum Gasteiger partial charge on any atom is -0.330 e. The molecule has 2 rings (SSSR count). The first-order chi connectivity index (χ1) is 9.24. The molecule has 2 N–H and O–H groups in total. The minimum atomic E-state index is -0.200. The van der Waals surface area contributed by atoms with Crippen LogP contribution in [0.2, 0.25) is 0 Å². The predicted molar refractivity (Wildman–Crippen MR) is 78.5 cm³/mol. The highest BCUT2D eigenvalue weighted by Crippen LogP contribution is 2.26. The molecule has 0 aliphatic heterocycles. The summed E-state index contributed by atoms with van der Waals surface area (Å²) in [6, 6.07) is 15.1. The maximum atomic E-state index is 12.9. The lowest BCUT2D eigenvalue weighted by Gasteiger charge is -2.14. The van der Waals surface area contributed by atoms with Gasteiger partial charge in [0.25, 0.3) is 0 Å². The topological polar surface area (TPSA) is 26.0 Å². The van der Waals surface area contributed by atoms with Gasteiger partial charge in [-0.25, -0.2) is 4.39 Å². The van der Waals surface area contributed by atoms with E-state index in [1.165, 1.54) is 17.7 Å². The summed E-state index contributed by atoms with van der Waals surface area (Å²) in [6.45, 7) is 2.91. The average Bonchev–Trinajstić information content (AvgIpc) is 2.46. The van der Waals surface area contributed by atoms with E-state index in [0.717, 1.165) is 30.5 Å². The Hall–Kier alpha value is -1.67.